The fourth-order valence-electron chi connectivity index (χ4n) is 4.63. The van der Waals surface area contributed by atoms with Gasteiger partial charge in [0.15, 0.2) is 5.82 Å². The minimum atomic E-state index is -0.0143. The van der Waals surface area contributed by atoms with Gasteiger partial charge in [0.1, 0.15) is 0 Å². The number of carbonyl (C=O) groups is 1. The highest BCUT2D eigenvalue weighted by atomic mass is 16.2. The molecule has 2 aromatic carbocycles. The lowest BCUT2D eigenvalue weighted by Crippen LogP contribution is -2.52. The van der Waals surface area contributed by atoms with Crippen molar-refractivity contribution in [3.63, 3.8) is 0 Å². The first kappa shape index (κ1) is 25.4. The maximum absolute atomic E-state index is 12.9. The van der Waals surface area contributed by atoms with Gasteiger partial charge in [-0.25, -0.2) is 9.97 Å². The van der Waals surface area contributed by atoms with E-state index in [0.717, 1.165) is 60.3 Å². The molecule has 0 saturated carbocycles. The van der Waals surface area contributed by atoms with E-state index in [9.17, 15) is 10.1 Å². The van der Waals surface area contributed by atoms with E-state index in [4.69, 9.17) is 9.97 Å². The van der Waals surface area contributed by atoms with Crippen molar-refractivity contribution in [3.8, 4) is 28.6 Å². The molecule has 2 heterocycles. The number of amides is 1. The Hall–Kier alpha value is -3.72. The molecule has 0 radical (unpaired) electrons. The Morgan fingerprint density at radius 1 is 1.00 bits per heavy atom. The lowest BCUT2D eigenvalue weighted by Gasteiger charge is -2.37. The molecule has 4 rings (SSSR count). The standard InChI is InChI=1S/C30H35N5O/c1-4-5-6-9-27(36)34-35-25(8-7-20-31)18-19-26-30(35)33-29(24-16-12-22(3)13-17-24)28(32-26)23-14-10-21(2)11-15-23/h10-17,25H,4-9,18-19H2,1-3H3,(H,34,36). The Bertz CT molecular complexity index is 1230. The van der Waals surface area contributed by atoms with Crippen molar-refractivity contribution >= 4 is 11.7 Å². The molecule has 0 aliphatic carbocycles. The molecular formula is C30H35N5O. The maximum Gasteiger partial charge on any atom is 0.238 e. The van der Waals surface area contributed by atoms with Crippen molar-refractivity contribution in [1.29, 1.82) is 5.26 Å². The molecule has 0 fully saturated rings. The summed E-state index contributed by atoms with van der Waals surface area (Å²) in [5.74, 6) is 0.680. The van der Waals surface area contributed by atoms with Crippen LogP contribution in [0.1, 0.15) is 68.7 Å². The van der Waals surface area contributed by atoms with Gasteiger partial charge in [0, 0.05) is 24.0 Å². The van der Waals surface area contributed by atoms with Gasteiger partial charge in [0.25, 0.3) is 0 Å². The summed E-state index contributed by atoms with van der Waals surface area (Å²) < 4.78 is 0. The minimum absolute atomic E-state index is 0.0117. The predicted molar refractivity (Wildman–Crippen MR) is 144 cm³/mol. The zero-order valence-electron chi connectivity index (χ0n) is 21.6. The average Bonchev–Trinajstić information content (AvgIpc) is 2.88. The van der Waals surface area contributed by atoms with Gasteiger partial charge in [-0.15, -0.1) is 0 Å². The summed E-state index contributed by atoms with van der Waals surface area (Å²) in [6, 6.07) is 19.0. The third-order valence-electron chi connectivity index (χ3n) is 6.75. The molecule has 0 spiro atoms. The van der Waals surface area contributed by atoms with Gasteiger partial charge >= 0.3 is 0 Å². The van der Waals surface area contributed by atoms with Crippen molar-refractivity contribution in [3.05, 3.63) is 65.4 Å². The third kappa shape index (κ3) is 5.91. The number of rotatable bonds is 9. The van der Waals surface area contributed by atoms with E-state index in [1.54, 1.807) is 0 Å². The number of aryl methyl sites for hydroxylation is 3. The van der Waals surface area contributed by atoms with Gasteiger partial charge < -0.3 is 0 Å². The second-order valence-corrected chi connectivity index (χ2v) is 9.67. The van der Waals surface area contributed by atoms with Gasteiger partial charge in [-0.3, -0.25) is 15.2 Å². The second kappa shape index (κ2) is 11.8. The normalized spacial score (nSPS) is 14.7. The topological polar surface area (TPSA) is 81.9 Å². The molecule has 6 heteroatoms. The van der Waals surface area contributed by atoms with Crippen LogP contribution in [0.15, 0.2) is 48.5 Å². The van der Waals surface area contributed by atoms with Crippen LogP contribution in [0.3, 0.4) is 0 Å². The predicted octanol–water partition coefficient (Wildman–Crippen LogP) is 6.46. The van der Waals surface area contributed by atoms with Gasteiger partial charge in [0.05, 0.1) is 29.2 Å². The molecule has 1 aromatic heterocycles. The van der Waals surface area contributed by atoms with Crippen LogP contribution in [0.4, 0.5) is 5.82 Å². The van der Waals surface area contributed by atoms with Crippen molar-refractivity contribution in [1.82, 2.24) is 15.4 Å². The number of hydrogen-bond acceptors (Lipinski definition) is 5. The molecule has 36 heavy (non-hydrogen) atoms. The van der Waals surface area contributed by atoms with E-state index in [-0.39, 0.29) is 11.9 Å². The summed E-state index contributed by atoms with van der Waals surface area (Å²) in [7, 11) is 0. The fraction of sp³-hybridized carbons (Fsp3) is 0.400. The van der Waals surface area contributed by atoms with Crippen molar-refractivity contribution in [2.24, 2.45) is 0 Å². The number of unbranched alkanes of at least 4 members (excludes halogenated alkanes) is 2. The number of aromatic nitrogens is 2. The van der Waals surface area contributed by atoms with Crippen LogP contribution in [0.25, 0.3) is 22.5 Å². The summed E-state index contributed by atoms with van der Waals surface area (Å²) in [5, 5.41) is 11.1. The fourth-order valence-corrected chi connectivity index (χ4v) is 4.63. The third-order valence-corrected chi connectivity index (χ3v) is 6.75. The number of nitrogens with one attached hydrogen (secondary N) is 1. The SMILES string of the molecule is CCCCCC(=O)NN1c2nc(-c3ccc(C)cc3)c(-c3ccc(C)cc3)nc2CCC1CCC#N. The molecule has 1 aliphatic rings. The van der Waals surface area contributed by atoms with E-state index in [1.807, 2.05) is 5.01 Å². The molecule has 6 nitrogen and oxygen atoms in total. The molecule has 3 aromatic rings. The number of fused-ring (bicyclic) bond motifs is 1. The Morgan fingerprint density at radius 3 is 2.19 bits per heavy atom. The van der Waals surface area contributed by atoms with Gasteiger partial charge in [-0.2, -0.15) is 5.26 Å². The number of benzene rings is 2. The van der Waals surface area contributed by atoms with Gasteiger partial charge in [0.2, 0.25) is 5.91 Å². The smallest absolute Gasteiger partial charge is 0.238 e. The number of anilines is 1. The average molecular weight is 482 g/mol. The molecular weight excluding hydrogens is 446 g/mol. The van der Waals surface area contributed by atoms with Crippen molar-refractivity contribution in [2.75, 3.05) is 5.01 Å². The molecule has 1 N–H and O–H groups in total. The van der Waals surface area contributed by atoms with Crippen molar-refractivity contribution < 1.29 is 4.79 Å². The Morgan fingerprint density at radius 2 is 1.61 bits per heavy atom. The van der Waals surface area contributed by atoms with Crippen LogP contribution in [0.5, 0.6) is 0 Å². The quantitative estimate of drug-likeness (QED) is 0.355. The highest BCUT2D eigenvalue weighted by molar-refractivity contribution is 5.81. The largest absolute Gasteiger partial charge is 0.273 e. The van der Waals surface area contributed by atoms with E-state index in [1.165, 1.54) is 11.1 Å². The number of carbonyl (C=O) groups excluding carboxylic acids is 1. The van der Waals surface area contributed by atoms with E-state index < -0.39 is 0 Å². The Labute approximate surface area is 214 Å². The van der Waals surface area contributed by atoms with Crippen LogP contribution in [0.2, 0.25) is 0 Å². The minimum Gasteiger partial charge on any atom is -0.273 e. The number of hydrazine groups is 1. The molecule has 1 atom stereocenters. The van der Waals surface area contributed by atoms with E-state index >= 15 is 0 Å². The van der Waals surface area contributed by atoms with Gasteiger partial charge in [-0.05, 0) is 39.5 Å². The molecule has 0 bridgehead atoms. The maximum atomic E-state index is 12.9. The highest BCUT2D eigenvalue weighted by Crippen LogP contribution is 2.36. The molecule has 186 valence electrons. The molecule has 1 unspecified atom stereocenters. The zero-order valence-corrected chi connectivity index (χ0v) is 21.6. The van der Waals surface area contributed by atoms with Crippen LogP contribution in [-0.4, -0.2) is 21.9 Å². The summed E-state index contributed by atoms with van der Waals surface area (Å²) >= 11 is 0. The molecule has 1 aliphatic heterocycles. The lowest BCUT2D eigenvalue weighted by atomic mass is 9.97. The van der Waals surface area contributed by atoms with Gasteiger partial charge in [-0.1, -0.05) is 79.4 Å². The highest BCUT2D eigenvalue weighted by Gasteiger charge is 2.31. The van der Waals surface area contributed by atoms with Crippen LogP contribution >= 0.6 is 0 Å². The Balaban J connectivity index is 1.79. The summed E-state index contributed by atoms with van der Waals surface area (Å²) in [5.41, 5.74) is 10.0. The number of nitrogens with zero attached hydrogens (tertiary/aromatic N) is 4. The van der Waals surface area contributed by atoms with Crippen LogP contribution < -0.4 is 10.4 Å². The summed E-state index contributed by atoms with van der Waals surface area (Å²) in [6.45, 7) is 6.27. The Kier molecular flexibility index (Phi) is 8.32. The van der Waals surface area contributed by atoms with E-state index in [0.29, 0.717) is 25.1 Å². The number of nitriles is 1. The summed E-state index contributed by atoms with van der Waals surface area (Å²) in [6.07, 6.45) is 6.11. The van der Waals surface area contributed by atoms with E-state index in [2.05, 4.69) is 80.8 Å². The lowest BCUT2D eigenvalue weighted by molar-refractivity contribution is -0.121. The van der Waals surface area contributed by atoms with Crippen molar-refractivity contribution in [2.45, 2.75) is 78.2 Å². The monoisotopic (exact) mass is 481 g/mol. The summed E-state index contributed by atoms with van der Waals surface area (Å²) in [4.78, 5) is 23.2. The second-order valence-electron chi connectivity index (χ2n) is 9.67. The first-order valence-corrected chi connectivity index (χ1v) is 13.0. The molecule has 0 saturated heterocycles. The first-order chi connectivity index (χ1) is 17.5. The zero-order chi connectivity index (χ0) is 25.5. The first-order valence-electron chi connectivity index (χ1n) is 13.0. The van der Waals surface area contributed by atoms with Crippen LogP contribution in [0, 0.1) is 25.2 Å². The molecule has 1 amide bonds. The number of hydrogen-bond donors (Lipinski definition) is 1. The van der Waals surface area contributed by atoms with Crippen LogP contribution in [-0.2, 0) is 11.2 Å².